The zero-order valence-electron chi connectivity index (χ0n) is 6.35. The van der Waals surface area contributed by atoms with E-state index in [1.165, 1.54) is 6.07 Å². The van der Waals surface area contributed by atoms with Crippen LogP contribution in [-0.4, -0.2) is 11.5 Å². The molecule has 64 valence electrons. The molecule has 1 aliphatic rings. The van der Waals surface area contributed by atoms with Gasteiger partial charge >= 0.3 is 0 Å². The molecule has 2 rings (SSSR count). The molecular weight excluding hydrogens is 179 g/mol. The van der Waals surface area contributed by atoms with Crippen molar-refractivity contribution >= 4 is 11.6 Å². The Bertz CT molecular complexity index is 299. The first-order valence-electron chi connectivity index (χ1n) is 3.81. The lowest BCUT2D eigenvalue weighted by atomic mass is 10.00. The fourth-order valence-electron chi connectivity index (χ4n) is 1.24. The quantitative estimate of drug-likeness (QED) is 0.678. The van der Waals surface area contributed by atoms with Gasteiger partial charge in [0.25, 0.3) is 0 Å². The van der Waals surface area contributed by atoms with Crippen molar-refractivity contribution in [1.82, 2.24) is 10.3 Å². The maximum Gasteiger partial charge on any atom is 0.141 e. The Morgan fingerprint density at radius 2 is 2.42 bits per heavy atom. The predicted octanol–water partition coefficient (Wildman–Crippen LogP) is 1.91. The Morgan fingerprint density at radius 1 is 1.67 bits per heavy atom. The van der Waals surface area contributed by atoms with Gasteiger partial charge in [-0.15, -0.1) is 0 Å². The molecule has 1 aromatic heterocycles. The Kier molecular flexibility index (Phi) is 1.98. The van der Waals surface area contributed by atoms with E-state index >= 15 is 0 Å². The number of halogens is 2. The second-order valence-electron chi connectivity index (χ2n) is 2.83. The van der Waals surface area contributed by atoms with Crippen molar-refractivity contribution in [3.8, 4) is 0 Å². The molecule has 12 heavy (non-hydrogen) atoms. The van der Waals surface area contributed by atoms with Crippen molar-refractivity contribution in [2.45, 2.75) is 12.5 Å². The average molecular weight is 187 g/mol. The van der Waals surface area contributed by atoms with Crippen LogP contribution in [0.5, 0.6) is 0 Å². The summed E-state index contributed by atoms with van der Waals surface area (Å²) < 4.78 is 12.7. The van der Waals surface area contributed by atoms with Crippen LogP contribution in [0.1, 0.15) is 18.0 Å². The van der Waals surface area contributed by atoms with E-state index in [1.54, 1.807) is 0 Å². The second kappa shape index (κ2) is 2.99. The van der Waals surface area contributed by atoms with Crippen molar-refractivity contribution in [2.24, 2.45) is 0 Å². The molecule has 0 spiro atoms. The van der Waals surface area contributed by atoms with Gasteiger partial charge in [0.2, 0.25) is 0 Å². The van der Waals surface area contributed by atoms with Crippen LogP contribution < -0.4 is 5.32 Å². The van der Waals surface area contributed by atoms with Crippen LogP contribution in [0.15, 0.2) is 12.3 Å². The molecule has 0 bridgehead atoms. The molecule has 0 radical (unpaired) electrons. The van der Waals surface area contributed by atoms with Gasteiger partial charge in [-0.3, -0.25) is 0 Å². The lowest BCUT2D eigenvalue weighted by Crippen LogP contribution is -2.35. The van der Waals surface area contributed by atoms with Crippen LogP contribution in [0.25, 0.3) is 0 Å². The van der Waals surface area contributed by atoms with Gasteiger partial charge in [-0.1, -0.05) is 11.6 Å². The summed E-state index contributed by atoms with van der Waals surface area (Å²) in [5, 5.41) is 3.54. The maximum absolute atomic E-state index is 12.7. The standard InChI is InChI=1S/C8H8ClFN2/c9-8-6(7-1-2-11-7)3-5(10)4-12-8/h3-4,7,11H,1-2H2/t7-/m0/s1. The summed E-state index contributed by atoms with van der Waals surface area (Å²) in [5.41, 5.74) is 0.767. The summed E-state index contributed by atoms with van der Waals surface area (Å²) in [6.07, 6.45) is 2.13. The number of nitrogens with one attached hydrogen (secondary N) is 1. The third kappa shape index (κ3) is 1.30. The SMILES string of the molecule is Fc1cnc(Cl)c([C@@H]2CCN2)c1. The monoisotopic (exact) mass is 186 g/mol. The zero-order valence-corrected chi connectivity index (χ0v) is 7.11. The average Bonchev–Trinajstić information content (AvgIpc) is 1.93. The molecule has 4 heteroatoms. The van der Waals surface area contributed by atoms with E-state index in [2.05, 4.69) is 10.3 Å². The van der Waals surface area contributed by atoms with E-state index in [4.69, 9.17) is 11.6 Å². The summed E-state index contributed by atoms with van der Waals surface area (Å²) >= 11 is 5.79. The molecule has 0 saturated carbocycles. The van der Waals surface area contributed by atoms with E-state index in [1.807, 2.05) is 0 Å². The van der Waals surface area contributed by atoms with E-state index in [0.717, 1.165) is 24.7 Å². The van der Waals surface area contributed by atoms with Gasteiger partial charge in [0.05, 0.1) is 6.20 Å². The molecular formula is C8H8ClFN2. The summed E-state index contributed by atoms with van der Waals surface area (Å²) in [6.45, 7) is 0.970. The van der Waals surface area contributed by atoms with Crippen LogP contribution in [0.3, 0.4) is 0 Å². The number of aromatic nitrogens is 1. The Hall–Kier alpha value is -0.670. The van der Waals surface area contributed by atoms with Gasteiger partial charge in [-0.05, 0) is 19.0 Å². The largest absolute Gasteiger partial charge is 0.310 e. The summed E-state index contributed by atoms with van der Waals surface area (Å²) in [6, 6.07) is 1.63. The van der Waals surface area contributed by atoms with Gasteiger partial charge in [0.1, 0.15) is 11.0 Å². The van der Waals surface area contributed by atoms with E-state index in [0.29, 0.717) is 5.15 Å². The first kappa shape index (κ1) is 7.95. The minimum Gasteiger partial charge on any atom is -0.310 e. The zero-order chi connectivity index (χ0) is 8.55. The van der Waals surface area contributed by atoms with Crippen molar-refractivity contribution in [1.29, 1.82) is 0 Å². The molecule has 1 N–H and O–H groups in total. The van der Waals surface area contributed by atoms with Gasteiger partial charge in [-0.2, -0.15) is 0 Å². The molecule has 2 heterocycles. The fraction of sp³-hybridized carbons (Fsp3) is 0.375. The highest BCUT2D eigenvalue weighted by Gasteiger charge is 2.21. The lowest BCUT2D eigenvalue weighted by molar-refractivity contribution is 0.381. The third-order valence-corrected chi connectivity index (χ3v) is 2.35. The number of nitrogens with zero attached hydrogens (tertiary/aromatic N) is 1. The molecule has 0 aromatic carbocycles. The molecule has 0 amide bonds. The first-order valence-corrected chi connectivity index (χ1v) is 4.19. The Labute approximate surface area is 74.8 Å². The molecule has 2 nitrogen and oxygen atoms in total. The van der Waals surface area contributed by atoms with Crippen molar-refractivity contribution in [2.75, 3.05) is 6.54 Å². The smallest absolute Gasteiger partial charge is 0.141 e. The molecule has 1 atom stereocenters. The predicted molar refractivity (Wildman–Crippen MR) is 44.6 cm³/mol. The lowest BCUT2D eigenvalue weighted by Gasteiger charge is -2.28. The Morgan fingerprint density at radius 3 is 3.00 bits per heavy atom. The van der Waals surface area contributed by atoms with E-state index in [9.17, 15) is 4.39 Å². The molecule has 1 aliphatic heterocycles. The first-order chi connectivity index (χ1) is 5.77. The molecule has 1 aromatic rings. The molecule has 1 fully saturated rings. The van der Waals surface area contributed by atoms with Gasteiger partial charge < -0.3 is 5.32 Å². The third-order valence-electron chi connectivity index (χ3n) is 2.03. The van der Waals surface area contributed by atoms with Crippen LogP contribution in [0.4, 0.5) is 4.39 Å². The van der Waals surface area contributed by atoms with Crippen LogP contribution in [0, 0.1) is 5.82 Å². The minimum absolute atomic E-state index is 0.195. The van der Waals surface area contributed by atoms with Crippen molar-refractivity contribution in [3.63, 3.8) is 0 Å². The molecule has 1 saturated heterocycles. The van der Waals surface area contributed by atoms with Crippen LogP contribution >= 0.6 is 11.6 Å². The highest BCUT2D eigenvalue weighted by atomic mass is 35.5. The highest BCUT2D eigenvalue weighted by Crippen LogP contribution is 2.27. The normalized spacial score (nSPS) is 22.0. The van der Waals surface area contributed by atoms with Gasteiger partial charge in [-0.25, -0.2) is 9.37 Å². The van der Waals surface area contributed by atoms with Crippen molar-refractivity contribution in [3.05, 3.63) is 28.8 Å². The van der Waals surface area contributed by atoms with Gasteiger partial charge in [0, 0.05) is 11.6 Å². The molecule has 0 aliphatic carbocycles. The summed E-state index contributed by atoms with van der Waals surface area (Å²) in [7, 11) is 0. The van der Waals surface area contributed by atoms with E-state index < -0.39 is 0 Å². The number of hydrogen-bond donors (Lipinski definition) is 1. The minimum atomic E-state index is -0.330. The van der Waals surface area contributed by atoms with Crippen LogP contribution in [-0.2, 0) is 0 Å². The molecule has 0 unspecified atom stereocenters. The van der Waals surface area contributed by atoms with E-state index in [-0.39, 0.29) is 11.9 Å². The van der Waals surface area contributed by atoms with Crippen molar-refractivity contribution < 1.29 is 4.39 Å². The fourth-order valence-corrected chi connectivity index (χ4v) is 1.47. The topological polar surface area (TPSA) is 24.9 Å². The summed E-state index contributed by atoms with van der Waals surface area (Å²) in [5.74, 6) is -0.330. The number of hydrogen-bond acceptors (Lipinski definition) is 2. The highest BCUT2D eigenvalue weighted by molar-refractivity contribution is 6.30. The Balaban J connectivity index is 2.34. The van der Waals surface area contributed by atoms with Gasteiger partial charge in [0.15, 0.2) is 0 Å². The number of rotatable bonds is 1. The van der Waals surface area contributed by atoms with Crippen LogP contribution in [0.2, 0.25) is 5.15 Å². The number of pyridine rings is 1. The second-order valence-corrected chi connectivity index (χ2v) is 3.19. The summed E-state index contributed by atoms with van der Waals surface area (Å²) in [4.78, 5) is 3.73. The maximum atomic E-state index is 12.7.